The Bertz CT molecular complexity index is 424. The van der Waals surface area contributed by atoms with Gasteiger partial charge in [0.05, 0.1) is 6.42 Å². The van der Waals surface area contributed by atoms with E-state index in [1.165, 1.54) is 11.1 Å². The van der Waals surface area contributed by atoms with Crippen molar-refractivity contribution in [1.29, 1.82) is 0 Å². The fourth-order valence-corrected chi connectivity index (χ4v) is 2.08. The second kappa shape index (κ2) is 7.88. The van der Waals surface area contributed by atoms with Crippen LogP contribution < -0.4 is 0 Å². The van der Waals surface area contributed by atoms with Gasteiger partial charge in [-0.2, -0.15) is 0 Å². The summed E-state index contributed by atoms with van der Waals surface area (Å²) in [5.41, 5.74) is 3.04. The Balaban J connectivity index is 2.78. The summed E-state index contributed by atoms with van der Waals surface area (Å²) in [6, 6.07) is 5.98. The zero-order valence-corrected chi connectivity index (χ0v) is 12.3. The molecule has 2 nitrogen and oxygen atoms in total. The van der Waals surface area contributed by atoms with Gasteiger partial charge in [-0.15, -0.1) is 0 Å². The number of hydrogen-bond donors (Lipinski definition) is 0. The molecule has 0 aliphatic carbocycles. The molecule has 0 aromatic heterocycles. The van der Waals surface area contributed by atoms with Crippen LogP contribution in [0.2, 0.25) is 0 Å². The van der Waals surface area contributed by atoms with Gasteiger partial charge < -0.3 is 0 Å². The molecular formula is C17H24O2. The molecule has 0 radical (unpaired) electrons. The quantitative estimate of drug-likeness (QED) is 0.520. The van der Waals surface area contributed by atoms with E-state index in [4.69, 9.17) is 0 Å². The molecule has 2 heteroatoms. The molecule has 0 heterocycles. The molecule has 1 aromatic rings. The van der Waals surface area contributed by atoms with Gasteiger partial charge in [-0.05, 0) is 42.5 Å². The largest absolute Gasteiger partial charge is 0.299 e. The molecule has 0 fully saturated rings. The van der Waals surface area contributed by atoms with E-state index in [1.807, 2.05) is 19.1 Å². The van der Waals surface area contributed by atoms with Crippen LogP contribution in [0, 0.1) is 0 Å². The summed E-state index contributed by atoms with van der Waals surface area (Å²) >= 11 is 0. The standard InChI is InChI=1S/C17H24O2/c1-4-7-8-16(18)12-17(19)15-10-13(5-2)9-14(6-3)11-15/h9-11H,4-8,12H2,1-3H3. The Morgan fingerprint density at radius 3 is 2.00 bits per heavy atom. The monoisotopic (exact) mass is 260 g/mol. The Kier molecular flexibility index (Phi) is 6.48. The first kappa shape index (κ1) is 15.6. The zero-order chi connectivity index (χ0) is 14.3. The second-order valence-corrected chi connectivity index (χ2v) is 4.99. The molecule has 0 N–H and O–H groups in total. The van der Waals surface area contributed by atoms with Crippen LogP contribution in [0.3, 0.4) is 0 Å². The maximum absolute atomic E-state index is 12.1. The fraction of sp³-hybridized carbons (Fsp3) is 0.529. The van der Waals surface area contributed by atoms with E-state index in [0.717, 1.165) is 25.7 Å². The van der Waals surface area contributed by atoms with E-state index >= 15 is 0 Å². The number of carbonyl (C=O) groups is 2. The topological polar surface area (TPSA) is 34.1 Å². The predicted octanol–water partition coefficient (Wildman–Crippen LogP) is 4.14. The van der Waals surface area contributed by atoms with Crippen LogP contribution in [-0.4, -0.2) is 11.6 Å². The number of rotatable bonds is 8. The van der Waals surface area contributed by atoms with Gasteiger partial charge in [0.25, 0.3) is 0 Å². The SMILES string of the molecule is CCCCC(=O)CC(=O)c1cc(CC)cc(CC)c1. The highest BCUT2D eigenvalue weighted by Gasteiger charge is 2.12. The predicted molar refractivity (Wildman–Crippen MR) is 78.7 cm³/mol. The van der Waals surface area contributed by atoms with E-state index in [2.05, 4.69) is 19.9 Å². The van der Waals surface area contributed by atoms with Crippen molar-refractivity contribution in [2.45, 2.75) is 59.3 Å². The molecule has 19 heavy (non-hydrogen) atoms. The van der Waals surface area contributed by atoms with Crippen LogP contribution in [0.5, 0.6) is 0 Å². The minimum Gasteiger partial charge on any atom is -0.299 e. The molecule has 0 saturated heterocycles. The average Bonchev–Trinajstić information content (AvgIpc) is 2.44. The van der Waals surface area contributed by atoms with Crippen LogP contribution in [-0.2, 0) is 17.6 Å². The second-order valence-electron chi connectivity index (χ2n) is 4.99. The van der Waals surface area contributed by atoms with E-state index < -0.39 is 0 Å². The Morgan fingerprint density at radius 2 is 1.53 bits per heavy atom. The lowest BCUT2D eigenvalue weighted by atomic mass is 9.97. The number of unbranched alkanes of at least 4 members (excludes halogenated alkanes) is 1. The number of ketones is 2. The first-order valence-corrected chi connectivity index (χ1v) is 7.28. The van der Waals surface area contributed by atoms with Gasteiger partial charge in [-0.25, -0.2) is 0 Å². The van der Waals surface area contributed by atoms with Crippen molar-refractivity contribution in [2.24, 2.45) is 0 Å². The molecule has 0 aliphatic heterocycles. The third kappa shape index (κ3) is 4.98. The van der Waals surface area contributed by atoms with Gasteiger partial charge in [0.1, 0.15) is 5.78 Å². The van der Waals surface area contributed by atoms with Crippen molar-refractivity contribution < 1.29 is 9.59 Å². The average molecular weight is 260 g/mol. The van der Waals surface area contributed by atoms with Gasteiger partial charge >= 0.3 is 0 Å². The summed E-state index contributed by atoms with van der Waals surface area (Å²) in [6.45, 7) is 6.21. The van der Waals surface area contributed by atoms with Crippen molar-refractivity contribution >= 4 is 11.6 Å². The lowest BCUT2D eigenvalue weighted by molar-refractivity contribution is -0.118. The van der Waals surface area contributed by atoms with E-state index in [-0.39, 0.29) is 18.0 Å². The molecule has 104 valence electrons. The van der Waals surface area contributed by atoms with Gasteiger partial charge in [0.15, 0.2) is 5.78 Å². The number of benzene rings is 1. The zero-order valence-electron chi connectivity index (χ0n) is 12.3. The number of Topliss-reactive ketones (excluding diaryl/α,β-unsaturated/α-hetero) is 2. The summed E-state index contributed by atoms with van der Waals surface area (Å²) in [7, 11) is 0. The smallest absolute Gasteiger partial charge is 0.170 e. The van der Waals surface area contributed by atoms with Gasteiger partial charge in [0, 0.05) is 12.0 Å². The molecule has 1 aromatic carbocycles. The van der Waals surface area contributed by atoms with Crippen molar-refractivity contribution in [1.82, 2.24) is 0 Å². The number of aryl methyl sites for hydroxylation is 2. The van der Waals surface area contributed by atoms with E-state index in [0.29, 0.717) is 12.0 Å². The highest BCUT2D eigenvalue weighted by molar-refractivity contribution is 6.08. The first-order valence-electron chi connectivity index (χ1n) is 7.28. The number of hydrogen-bond acceptors (Lipinski definition) is 2. The molecule has 0 unspecified atom stereocenters. The normalized spacial score (nSPS) is 10.5. The van der Waals surface area contributed by atoms with E-state index in [9.17, 15) is 9.59 Å². The summed E-state index contributed by atoms with van der Waals surface area (Å²) < 4.78 is 0. The lowest BCUT2D eigenvalue weighted by Crippen LogP contribution is -2.09. The number of carbonyl (C=O) groups excluding carboxylic acids is 2. The highest BCUT2D eigenvalue weighted by atomic mass is 16.1. The molecule has 0 saturated carbocycles. The molecule has 0 atom stereocenters. The highest BCUT2D eigenvalue weighted by Crippen LogP contribution is 2.14. The fourth-order valence-electron chi connectivity index (χ4n) is 2.08. The van der Waals surface area contributed by atoms with Crippen molar-refractivity contribution in [2.75, 3.05) is 0 Å². The van der Waals surface area contributed by atoms with Crippen LogP contribution in [0.1, 0.15) is 67.9 Å². The summed E-state index contributed by atoms with van der Waals surface area (Å²) in [5, 5.41) is 0. The van der Waals surface area contributed by atoms with Crippen LogP contribution in [0.4, 0.5) is 0 Å². The molecule has 0 bridgehead atoms. The maximum atomic E-state index is 12.1. The van der Waals surface area contributed by atoms with Crippen LogP contribution >= 0.6 is 0 Å². The molecule has 0 amide bonds. The van der Waals surface area contributed by atoms with E-state index in [1.54, 1.807) is 0 Å². The maximum Gasteiger partial charge on any atom is 0.170 e. The lowest BCUT2D eigenvalue weighted by Gasteiger charge is -2.07. The minimum atomic E-state index is -0.0360. The first-order chi connectivity index (χ1) is 9.10. The van der Waals surface area contributed by atoms with Crippen LogP contribution in [0.15, 0.2) is 18.2 Å². The Morgan fingerprint density at radius 1 is 0.947 bits per heavy atom. The molecule has 0 spiro atoms. The Hall–Kier alpha value is -1.44. The third-order valence-corrected chi connectivity index (χ3v) is 3.36. The van der Waals surface area contributed by atoms with Crippen LogP contribution in [0.25, 0.3) is 0 Å². The van der Waals surface area contributed by atoms with Crippen molar-refractivity contribution in [3.63, 3.8) is 0 Å². The van der Waals surface area contributed by atoms with Crippen molar-refractivity contribution in [3.8, 4) is 0 Å². The van der Waals surface area contributed by atoms with Gasteiger partial charge in [0.2, 0.25) is 0 Å². The molecular weight excluding hydrogens is 236 g/mol. The molecule has 1 rings (SSSR count). The summed E-state index contributed by atoms with van der Waals surface area (Å²) in [6.07, 6.45) is 4.27. The van der Waals surface area contributed by atoms with Crippen molar-refractivity contribution in [3.05, 3.63) is 34.9 Å². The Labute approximate surface area is 116 Å². The molecule has 0 aliphatic rings. The van der Waals surface area contributed by atoms with Gasteiger partial charge in [-0.3, -0.25) is 9.59 Å². The van der Waals surface area contributed by atoms with Gasteiger partial charge in [-0.1, -0.05) is 33.3 Å². The summed E-state index contributed by atoms with van der Waals surface area (Å²) in [5.74, 6) is 0.0258. The minimum absolute atomic E-state index is 0.0360. The summed E-state index contributed by atoms with van der Waals surface area (Å²) in [4.78, 5) is 23.8. The third-order valence-electron chi connectivity index (χ3n) is 3.36.